The number of fused-ring (bicyclic) bond motifs is 1. The first-order valence-electron chi connectivity index (χ1n) is 12.1. The number of nitrogens with zero attached hydrogens (tertiary/aromatic N) is 1. The lowest BCUT2D eigenvalue weighted by atomic mass is 9.92. The van der Waals surface area contributed by atoms with Crippen molar-refractivity contribution in [1.29, 1.82) is 0 Å². The van der Waals surface area contributed by atoms with Crippen LogP contribution in [-0.4, -0.2) is 35.2 Å². The number of alkyl halides is 6. The molecule has 11 heteroatoms. The molecular weight excluding hydrogens is 544 g/mol. The van der Waals surface area contributed by atoms with Gasteiger partial charge in [0.2, 0.25) is 5.91 Å². The Morgan fingerprint density at radius 2 is 1.59 bits per heavy atom. The minimum absolute atomic E-state index is 0.0315. The molecule has 0 bridgehead atoms. The summed E-state index contributed by atoms with van der Waals surface area (Å²) in [6.45, 7) is 2.43. The first-order valence-corrected chi connectivity index (χ1v) is 12.9. The molecule has 0 saturated heterocycles. The molecule has 0 aliphatic carbocycles. The van der Waals surface area contributed by atoms with Crippen LogP contribution in [0.5, 0.6) is 5.75 Å². The summed E-state index contributed by atoms with van der Waals surface area (Å²) >= 11 is 1.09. The number of ether oxygens (including phenoxy) is 1. The molecule has 1 amide bonds. The zero-order valence-corrected chi connectivity index (χ0v) is 21.5. The fraction of sp³-hybridized carbons (Fsp3) is 0.321. The van der Waals surface area contributed by atoms with Crippen LogP contribution in [0.3, 0.4) is 0 Å². The van der Waals surface area contributed by atoms with Crippen molar-refractivity contribution in [3.05, 3.63) is 89.5 Å². The van der Waals surface area contributed by atoms with Crippen LogP contribution >= 0.6 is 11.8 Å². The van der Waals surface area contributed by atoms with Gasteiger partial charge < -0.3 is 14.7 Å². The van der Waals surface area contributed by atoms with Gasteiger partial charge in [-0.05, 0) is 41.8 Å². The lowest BCUT2D eigenvalue weighted by Gasteiger charge is -2.36. The van der Waals surface area contributed by atoms with Gasteiger partial charge in [0.15, 0.2) is 0 Å². The van der Waals surface area contributed by atoms with Crippen molar-refractivity contribution in [2.45, 2.75) is 54.5 Å². The highest BCUT2D eigenvalue weighted by Gasteiger charge is 2.71. The fourth-order valence-electron chi connectivity index (χ4n) is 4.23. The van der Waals surface area contributed by atoms with Gasteiger partial charge >= 0.3 is 12.4 Å². The molecule has 0 fully saturated rings. The highest BCUT2D eigenvalue weighted by molar-refractivity contribution is 8.00. The van der Waals surface area contributed by atoms with Gasteiger partial charge in [-0.3, -0.25) is 4.79 Å². The maximum Gasteiger partial charge on any atom is 0.430 e. The molecule has 1 aliphatic heterocycles. The number of hydrogen-bond acceptors (Lipinski definition) is 4. The van der Waals surface area contributed by atoms with Crippen molar-refractivity contribution in [2.24, 2.45) is 0 Å². The van der Waals surface area contributed by atoms with Crippen molar-refractivity contribution in [2.75, 3.05) is 11.4 Å². The normalized spacial score (nSPS) is 16.1. The summed E-state index contributed by atoms with van der Waals surface area (Å²) in [5.41, 5.74) is -4.51. The second-order valence-electron chi connectivity index (χ2n) is 9.14. The van der Waals surface area contributed by atoms with Gasteiger partial charge in [-0.15, -0.1) is 11.8 Å². The number of benzene rings is 3. The molecule has 4 rings (SSSR count). The quantitative estimate of drug-likeness (QED) is 0.310. The summed E-state index contributed by atoms with van der Waals surface area (Å²) in [5.74, 6) is 0.248. The Balaban J connectivity index is 1.54. The van der Waals surface area contributed by atoms with Crippen molar-refractivity contribution < 1.29 is 41.0 Å². The van der Waals surface area contributed by atoms with Crippen LogP contribution in [0, 0.1) is 0 Å². The Hall–Kier alpha value is -3.18. The smallest absolute Gasteiger partial charge is 0.430 e. The van der Waals surface area contributed by atoms with Gasteiger partial charge in [-0.2, -0.15) is 26.3 Å². The molecule has 0 aromatic heterocycles. The Morgan fingerprint density at radius 1 is 0.949 bits per heavy atom. The Morgan fingerprint density at radius 3 is 2.18 bits per heavy atom. The molecular formula is C28H25F6NO3S. The third kappa shape index (κ3) is 6.04. The number of rotatable bonds is 7. The average molecular weight is 570 g/mol. The van der Waals surface area contributed by atoms with E-state index in [2.05, 4.69) is 0 Å². The zero-order chi connectivity index (χ0) is 28.4. The van der Waals surface area contributed by atoms with E-state index in [0.29, 0.717) is 36.5 Å². The topological polar surface area (TPSA) is 49.8 Å². The molecule has 3 aromatic rings. The summed E-state index contributed by atoms with van der Waals surface area (Å²) in [7, 11) is 0. The number of aliphatic hydroxyl groups is 1. The predicted octanol–water partition coefficient (Wildman–Crippen LogP) is 7.04. The molecule has 3 aromatic carbocycles. The average Bonchev–Trinajstić information content (AvgIpc) is 2.90. The fourth-order valence-corrected chi connectivity index (χ4v) is 5.47. The maximum absolute atomic E-state index is 13.4. The van der Waals surface area contributed by atoms with E-state index >= 15 is 0 Å². The Kier molecular flexibility index (Phi) is 8.22. The highest BCUT2D eigenvalue weighted by Crippen LogP contribution is 2.52. The molecule has 0 unspecified atom stereocenters. The van der Waals surface area contributed by atoms with Gasteiger partial charge in [-0.1, -0.05) is 55.5 Å². The monoisotopic (exact) mass is 569 g/mol. The van der Waals surface area contributed by atoms with Gasteiger partial charge in [0, 0.05) is 22.3 Å². The van der Waals surface area contributed by atoms with Crippen molar-refractivity contribution in [1.82, 2.24) is 0 Å². The van der Waals surface area contributed by atoms with Gasteiger partial charge in [0.1, 0.15) is 12.4 Å². The van der Waals surface area contributed by atoms with Crippen LogP contribution in [0.4, 0.5) is 32.0 Å². The number of carbonyl (C=O) groups excluding carboxylic acids is 1. The van der Waals surface area contributed by atoms with Crippen molar-refractivity contribution in [3.63, 3.8) is 0 Å². The standard InChI is InChI=1S/C28H25F6NO3S/c1-2-22-16-35(23-13-10-20(15-24(23)39-22)26(37,27(29,30)31)28(32,33)34)25(36)14-18-8-11-21(12-9-18)38-17-19-6-4-3-5-7-19/h3-13,15,22,37H,2,14,16-17H2,1H3/t22-/m0/s1. The first-order chi connectivity index (χ1) is 18.3. The Bertz CT molecular complexity index is 1280. The second-order valence-corrected chi connectivity index (χ2v) is 10.5. The largest absolute Gasteiger partial charge is 0.489 e. The maximum atomic E-state index is 13.4. The minimum Gasteiger partial charge on any atom is -0.489 e. The van der Waals surface area contributed by atoms with Crippen LogP contribution in [-0.2, 0) is 23.4 Å². The molecule has 0 radical (unpaired) electrons. The van der Waals surface area contributed by atoms with Crippen LogP contribution < -0.4 is 9.64 Å². The second kappa shape index (κ2) is 11.1. The van der Waals surface area contributed by atoms with Crippen LogP contribution in [0.1, 0.15) is 30.0 Å². The van der Waals surface area contributed by atoms with Gasteiger partial charge in [-0.25, -0.2) is 0 Å². The summed E-state index contributed by atoms with van der Waals surface area (Å²) in [5, 5.41) is 9.57. The summed E-state index contributed by atoms with van der Waals surface area (Å²) in [6, 6.07) is 18.8. The zero-order valence-electron chi connectivity index (χ0n) is 20.7. The lowest BCUT2D eigenvalue weighted by Crippen LogP contribution is -2.54. The number of halogens is 6. The third-order valence-corrected chi connectivity index (χ3v) is 7.85. The first kappa shape index (κ1) is 28.8. The lowest BCUT2D eigenvalue weighted by molar-refractivity contribution is -0.376. The minimum atomic E-state index is -5.99. The predicted molar refractivity (Wildman–Crippen MR) is 136 cm³/mol. The SMILES string of the molecule is CC[C@H]1CN(C(=O)Cc2ccc(OCc3ccccc3)cc2)c2ccc(C(O)(C(F)(F)F)C(F)(F)F)cc2S1. The van der Waals surface area contributed by atoms with Crippen LogP contribution in [0.25, 0.3) is 0 Å². The molecule has 1 heterocycles. The number of anilines is 1. The highest BCUT2D eigenvalue weighted by atomic mass is 32.2. The van der Waals surface area contributed by atoms with Crippen LogP contribution in [0.2, 0.25) is 0 Å². The molecule has 0 saturated carbocycles. The number of thioether (sulfide) groups is 1. The van der Waals surface area contributed by atoms with E-state index < -0.39 is 23.5 Å². The van der Waals surface area contributed by atoms with E-state index in [9.17, 15) is 36.2 Å². The van der Waals surface area contributed by atoms with Gasteiger partial charge in [0.05, 0.1) is 12.1 Å². The van der Waals surface area contributed by atoms with E-state index in [-0.39, 0.29) is 34.7 Å². The summed E-state index contributed by atoms with van der Waals surface area (Å²) in [4.78, 5) is 14.7. The van der Waals surface area contributed by atoms with Crippen molar-refractivity contribution >= 4 is 23.4 Å². The Labute approximate surface area is 225 Å². The molecule has 208 valence electrons. The van der Waals surface area contributed by atoms with E-state index in [1.807, 2.05) is 37.3 Å². The van der Waals surface area contributed by atoms with E-state index in [4.69, 9.17) is 4.74 Å². The van der Waals surface area contributed by atoms with E-state index in [1.165, 1.54) is 4.90 Å². The number of amides is 1. The molecule has 1 N–H and O–H groups in total. The van der Waals surface area contributed by atoms with Crippen LogP contribution in [0.15, 0.2) is 77.7 Å². The third-order valence-electron chi connectivity index (χ3n) is 6.45. The number of carbonyl (C=O) groups is 1. The number of hydrogen-bond donors (Lipinski definition) is 1. The van der Waals surface area contributed by atoms with E-state index in [1.54, 1.807) is 24.3 Å². The van der Waals surface area contributed by atoms with Gasteiger partial charge in [0.25, 0.3) is 5.60 Å². The molecule has 1 aliphatic rings. The van der Waals surface area contributed by atoms with E-state index in [0.717, 1.165) is 23.4 Å². The molecule has 4 nitrogen and oxygen atoms in total. The van der Waals surface area contributed by atoms with Crippen molar-refractivity contribution in [3.8, 4) is 5.75 Å². The summed E-state index contributed by atoms with van der Waals surface area (Å²) < 4.78 is 86.3. The molecule has 1 atom stereocenters. The summed E-state index contributed by atoms with van der Waals surface area (Å²) in [6.07, 6.45) is -11.5. The molecule has 39 heavy (non-hydrogen) atoms. The molecule has 0 spiro atoms.